The smallest absolute Gasteiger partial charge is 0.262 e. The Kier molecular flexibility index (Phi) is 4.79. The van der Waals surface area contributed by atoms with Crippen LogP contribution < -0.4 is 10.3 Å². The van der Waals surface area contributed by atoms with E-state index < -0.39 is 0 Å². The zero-order valence-electron chi connectivity index (χ0n) is 20.3. The zero-order valence-corrected chi connectivity index (χ0v) is 21.1. The minimum absolute atomic E-state index is 0.0553. The number of fused-ring (bicyclic) bond motifs is 9. The van der Waals surface area contributed by atoms with E-state index in [1.807, 2.05) is 12.1 Å². The number of nitrogens with zero attached hydrogens (tertiary/aromatic N) is 2. The van der Waals surface area contributed by atoms with Crippen LogP contribution in [0.2, 0.25) is 0 Å². The van der Waals surface area contributed by atoms with Gasteiger partial charge in [0.05, 0.1) is 25.1 Å². The van der Waals surface area contributed by atoms with Gasteiger partial charge < -0.3 is 9.15 Å². The van der Waals surface area contributed by atoms with E-state index in [2.05, 4.69) is 25.1 Å². The van der Waals surface area contributed by atoms with Crippen LogP contribution in [0.15, 0.2) is 52.1 Å². The van der Waals surface area contributed by atoms with E-state index >= 15 is 0 Å². The maximum Gasteiger partial charge on any atom is 0.262 e. The average molecular weight is 487 g/mol. The van der Waals surface area contributed by atoms with Crippen molar-refractivity contribution in [3.05, 3.63) is 80.6 Å². The summed E-state index contributed by atoms with van der Waals surface area (Å²) in [7, 11) is 1.75. The lowest BCUT2D eigenvalue weighted by molar-refractivity contribution is 0.106. The molecule has 35 heavy (non-hydrogen) atoms. The molecule has 0 saturated heterocycles. The fourth-order valence-electron chi connectivity index (χ4n) is 7.56. The Hall–Kier alpha value is -2.86. The number of hydrogen-bond acceptors (Lipinski definition) is 5. The minimum atomic E-state index is 0.0553. The molecule has 3 aromatic heterocycles. The van der Waals surface area contributed by atoms with E-state index in [0.717, 1.165) is 41.0 Å². The minimum Gasteiger partial charge on any atom is -0.497 e. The summed E-state index contributed by atoms with van der Waals surface area (Å²) >= 11 is 1.76. The maximum atomic E-state index is 13.7. The molecule has 3 aliphatic rings. The van der Waals surface area contributed by atoms with Crippen LogP contribution in [0.3, 0.4) is 0 Å². The highest BCUT2D eigenvalue weighted by atomic mass is 32.1. The first-order valence-electron chi connectivity index (χ1n) is 12.8. The normalized spacial score (nSPS) is 26.7. The van der Waals surface area contributed by atoms with Gasteiger partial charge in [0.25, 0.3) is 5.56 Å². The lowest BCUT2D eigenvalue weighted by Gasteiger charge is -2.49. The Morgan fingerprint density at radius 1 is 1.29 bits per heavy atom. The van der Waals surface area contributed by atoms with Crippen LogP contribution >= 0.6 is 11.3 Å². The molecule has 180 valence electrons. The number of aromatic nitrogens is 2. The molecule has 7 rings (SSSR count). The van der Waals surface area contributed by atoms with Gasteiger partial charge in [0.1, 0.15) is 16.3 Å². The van der Waals surface area contributed by atoms with E-state index in [9.17, 15) is 4.79 Å². The fraction of sp³-hybridized carbons (Fsp3) is 0.448. The standard InChI is InChI=1S/C29H30N2O3S/c1-29-11-9-21-20-8-6-19(33-2)14-17(20)5-7-22(21)23(29)15-24-26(29)25-27(35-24)30-16-31(28(25)32)12-10-18-4-3-13-34-18/h3-4,6,8,13-14,16,21-23H,5,7,9-12,15H2,1-2H3/t21-,22-,23+,29+/m1/s1. The molecular weight excluding hydrogens is 456 g/mol. The number of thiophene rings is 1. The molecule has 6 heteroatoms. The summed E-state index contributed by atoms with van der Waals surface area (Å²) in [5, 5.41) is 0.886. The van der Waals surface area contributed by atoms with Gasteiger partial charge in [-0.25, -0.2) is 4.98 Å². The molecule has 4 aromatic rings. The molecule has 0 aliphatic heterocycles. The van der Waals surface area contributed by atoms with Gasteiger partial charge in [0.15, 0.2) is 0 Å². The second-order valence-electron chi connectivity index (χ2n) is 10.8. The monoisotopic (exact) mass is 486 g/mol. The summed E-state index contributed by atoms with van der Waals surface area (Å²) in [4.78, 5) is 20.8. The van der Waals surface area contributed by atoms with Gasteiger partial charge in [-0.05, 0) is 96.2 Å². The first-order valence-corrected chi connectivity index (χ1v) is 13.6. The van der Waals surface area contributed by atoms with Crippen molar-refractivity contribution in [3.8, 4) is 5.75 Å². The summed E-state index contributed by atoms with van der Waals surface area (Å²) in [6.45, 7) is 3.03. The van der Waals surface area contributed by atoms with E-state index in [0.29, 0.717) is 30.7 Å². The SMILES string of the molecule is COc1ccc2c(c1)CC[C@@H]1[C@@H]2CC[C@]2(C)c3c(sc4ncn(CCc5ccco5)c(=O)c34)C[C@@H]12. The van der Waals surface area contributed by atoms with Crippen LogP contribution in [0.4, 0.5) is 0 Å². The number of hydrogen-bond donors (Lipinski definition) is 0. The van der Waals surface area contributed by atoms with Gasteiger partial charge in [-0.15, -0.1) is 11.3 Å². The second-order valence-corrected chi connectivity index (χ2v) is 11.9. The van der Waals surface area contributed by atoms with E-state index in [-0.39, 0.29) is 11.0 Å². The number of furan rings is 1. The lowest BCUT2D eigenvalue weighted by Crippen LogP contribution is -2.43. The molecule has 0 spiro atoms. The first kappa shape index (κ1) is 21.4. The largest absolute Gasteiger partial charge is 0.497 e. The third kappa shape index (κ3) is 3.11. The van der Waals surface area contributed by atoms with Crippen LogP contribution in [-0.2, 0) is 31.2 Å². The Morgan fingerprint density at radius 2 is 2.20 bits per heavy atom. The van der Waals surface area contributed by atoms with E-state index in [1.165, 1.54) is 34.4 Å². The molecule has 4 atom stereocenters. The number of ether oxygens (including phenoxy) is 1. The van der Waals surface area contributed by atoms with Crippen molar-refractivity contribution >= 4 is 21.6 Å². The molecule has 3 aliphatic carbocycles. The third-order valence-corrected chi connectivity index (χ3v) is 10.4. The summed E-state index contributed by atoms with van der Waals surface area (Å²) in [6.07, 6.45) is 9.85. The zero-order chi connectivity index (χ0) is 23.7. The van der Waals surface area contributed by atoms with Crippen molar-refractivity contribution in [1.29, 1.82) is 0 Å². The van der Waals surface area contributed by atoms with Crippen molar-refractivity contribution in [2.24, 2.45) is 11.8 Å². The van der Waals surface area contributed by atoms with Gasteiger partial charge >= 0.3 is 0 Å². The number of benzene rings is 1. The van der Waals surface area contributed by atoms with E-state index in [4.69, 9.17) is 14.1 Å². The predicted molar refractivity (Wildman–Crippen MR) is 138 cm³/mol. The molecular formula is C29H30N2O3S. The topological polar surface area (TPSA) is 57.3 Å². The Morgan fingerprint density at radius 3 is 3.03 bits per heavy atom. The fourth-order valence-corrected chi connectivity index (χ4v) is 8.88. The first-order chi connectivity index (χ1) is 17.1. The highest BCUT2D eigenvalue weighted by molar-refractivity contribution is 7.18. The Balaban J connectivity index is 1.25. The molecule has 1 fully saturated rings. The van der Waals surface area contributed by atoms with Crippen LogP contribution in [0, 0.1) is 11.8 Å². The average Bonchev–Trinajstić information content (AvgIpc) is 3.58. The molecule has 0 N–H and O–H groups in total. The van der Waals surface area contributed by atoms with Crippen molar-refractivity contribution in [3.63, 3.8) is 0 Å². The molecule has 3 heterocycles. The van der Waals surface area contributed by atoms with Gasteiger partial charge in [-0.3, -0.25) is 9.36 Å². The third-order valence-electron chi connectivity index (χ3n) is 9.23. The van der Waals surface area contributed by atoms with Crippen LogP contribution in [0.1, 0.15) is 59.4 Å². The van der Waals surface area contributed by atoms with Crippen LogP contribution in [0.25, 0.3) is 10.2 Å². The van der Waals surface area contributed by atoms with Crippen LogP contribution in [0.5, 0.6) is 5.75 Å². The second kappa shape index (κ2) is 7.82. The van der Waals surface area contributed by atoms with Gasteiger partial charge in [0, 0.05) is 17.8 Å². The summed E-state index contributed by atoms with van der Waals surface area (Å²) in [5.41, 5.74) is 4.50. The van der Waals surface area contributed by atoms with Crippen molar-refractivity contribution in [1.82, 2.24) is 9.55 Å². The predicted octanol–water partition coefficient (Wildman–Crippen LogP) is 5.87. The summed E-state index contributed by atoms with van der Waals surface area (Å²) in [6, 6.07) is 10.5. The number of methoxy groups -OCH3 is 1. The van der Waals surface area contributed by atoms with Crippen LogP contribution in [-0.4, -0.2) is 16.7 Å². The van der Waals surface area contributed by atoms with Gasteiger partial charge in [-0.1, -0.05) is 13.0 Å². The Labute approximate surface area is 208 Å². The van der Waals surface area contributed by atoms with E-state index in [1.54, 1.807) is 35.6 Å². The quantitative estimate of drug-likeness (QED) is 0.362. The van der Waals surface area contributed by atoms with Gasteiger partial charge in [-0.2, -0.15) is 0 Å². The maximum absolute atomic E-state index is 13.7. The van der Waals surface area contributed by atoms with Crippen molar-refractivity contribution < 1.29 is 9.15 Å². The van der Waals surface area contributed by atoms with Gasteiger partial charge in [0.2, 0.25) is 0 Å². The molecule has 1 aromatic carbocycles. The molecule has 5 nitrogen and oxygen atoms in total. The highest BCUT2D eigenvalue weighted by Gasteiger charge is 2.54. The molecule has 0 unspecified atom stereocenters. The van der Waals surface area contributed by atoms with Crippen molar-refractivity contribution in [2.75, 3.05) is 7.11 Å². The summed E-state index contributed by atoms with van der Waals surface area (Å²) in [5.74, 6) is 3.74. The van der Waals surface area contributed by atoms with Crippen molar-refractivity contribution in [2.45, 2.75) is 63.3 Å². The summed E-state index contributed by atoms with van der Waals surface area (Å²) < 4.78 is 12.8. The lowest BCUT2D eigenvalue weighted by atomic mass is 9.55. The molecule has 0 radical (unpaired) electrons. The molecule has 1 saturated carbocycles. The molecule has 0 amide bonds. The Bertz CT molecular complexity index is 1480. The number of rotatable bonds is 4. The molecule has 0 bridgehead atoms. The number of aryl methyl sites for hydroxylation is 3. The highest BCUT2D eigenvalue weighted by Crippen LogP contribution is 2.62.